The van der Waals surface area contributed by atoms with Gasteiger partial charge in [-0.2, -0.15) is 0 Å². The third-order valence-corrected chi connectivity index (χ3v) is 5.02. The molecule has 0 bridgehead atoms. The lowest BCUT2D eigenvalue weighted by atomic mass is 10.2. The van der Waals surface area contributed by atoms with E-state index in [2.05, 4.69) is 35.9 Å². The summed E-state index contributed by atoms with van der Waals surface area (Å²) in [5.41, 5.74) is 2.00. The standard InChI is InChI=1S/C22H21N7O4S/c1-32-18-6-14-15(7-19(18)33-2)26-11-27-20(14)29-21-23-9-13(10-24-21)28-22(34)25-8-12-3-4-16(30)17(31)5-12/h3-7,9-11,30-31H,8H2,1-2H3,(H2,25,28,34)(H,23,24,26,27,29). The van der Waals surface area contributed by atoms with E-state index in [0.29, 0.717) is 46.1 Å². The predicted molar refractivity (Wildman–Crippen MR) is 131 cm³/mol. The molecule has 0 aliphatic rings. The molecule has 0 fully saturated rings. The summed E-state index contributed by atoms with van der Waals surface area (Å²) >= 11 is 5.28. The van der Waals surface area contributed by atoms with Gasteiger partial charge in [-0.05, 0) is 36.0 Å². The third kappa shape index (κ3) is 5.13. The number of hydrogen-bond donors (Lipinski definition) is 5. The third-order valence-electron chi connectivity index (χ3n) is 4.77. The molecule has 0 spiro atoms. The monoisotopic (exact) mass is 479 g/mol. The summed E-state index contributed by atoms with van der Waals surface area (Å²) in [6.07, 6.45) is 4.58. The maximum atomic E-state index is 9.57. The van der Waals surface area contributed by atoms with Crippen LogP contribution in [0.15, 0.2) is 49.1 Å². The van der Waals surface area contributed by atoms with E-state index in [9.17, 15) is 10.2 Å². The van der Waals surface area contributed by atoms with Crippen LogP contribution in [0.3, 0.4) is 0 Å². The summed E-state index contributed by atoms with van der Waals surface area (Å²) in [4.78, 5) is 17.2. The van der Waals surface area contributed by atoms with Crippen molar-refractivity contribution in [3.63, 3.8) is 0 Å². The van der Waals surface area contributed by atoms with Crippen molar-refractivity contribution in [1.82, 2.24) is 25.3 Å². The first-order chi connectivity index (χ1) is 16.5. The van der Waals surface area contributed by atoms with Crippen molar-refractivity contribution in [3.8, 4) is 23.0 Å². The highest BCUT2D eigenvalue weighted by atomic mass is 32.1. The number of benzene rings is 2. The van der Waals surface area contributed by atoms with Crippen LogP contribution in [0.1, 0.15) is 5.56 Å². The molecular formula is C22H21N7O4S. The minimum absolute atomic E-state index is 0.177. The molecule has 11 nitrogen and oxygen atoms in total. The Morgan fingerprint density at radius 3 is 2.38 bits per heavy atom. The Morgan fingerprint density at radius 1 is 0.941 bits per heavy atom. The number of phenolic OH excluding ortho intramolecular Hbond substituents is 2. The number of hydrogen-bond acceptors (Lipinski definition) is 10. The summed E-state index contributed by atoms with van der Waals surface area (Å²) in [6, 6.07) is 8.09. The molecule has 0 aliphatic heterocycles. The van der Waals surface area contributed by atoms with Gasteiger partial charge in [-0.25, -0.2) is 19.9 Å². The summed E-state index contributed by atoms with van der Waals surface area (Å²) in [7, 11) is 3.12. The highest BCUT2D eigenvalue weighted by molar-refractivity contribution is 7.80. The quantitative estimate of drug-likeness (QED) is 0.196. The number of aromatic hydroxyl groups is 2. The summed E-state index contributed by atoms with van der Waals surface area (Å²) in [6.45, 7) is 0.356. The average Bonchev–Trinajstić information content (AvgIpc) is 2.85. The minimum Gasteiger partial charge on any atom is -0.504 e. The lowest BCUT2D eigenvalue weighted by Crippen LogP contribution is -2.28. The Kier molecular flexibility index (Phi) is 6.69. The van der Waals surface area contributed by atoms with Gasteiger partial charge >= 0.3 is 0 Å². The van der Waals surface area contributed by atoms with E-state index in [1.807, 2.05) is 0 Å². The van der Waals surface area contributed by atoms with Gasteiger partial charge in [0.05, 0.1) is 37.8 Å². The number of aromatic nitrogens is 4. The molecule has 2 heterocycles. The minimum atomic E-state index is -0.191. The zero-order valence-electron chi connectivity index (χ0n) is 18.2. The highest BCUT2D eigenvalue weighted by Gasteiger charge is 2.12. The average molecular weight is 480 g/mol. The normalized spacial score (nSPS) is 10.5. The molecule has 4 rings (SSSR count). The van der Waals surface area contributed by atoms with Crippen LogP contribution in [-0.4, -0.2) is 49.5 Å². The zero-order valence-corrected chi connectivity index (χ0v) is 19.1. The van der Waals surface area contributed by atoms with Gasteiger partial charge in [0.15, 0.2) is 28.1 Å². The van der Waals surface area contributed by atoms with Crippen LogP contribution in [0.25, 0.3) is 10.9 Å². The number of thiocarbonyl (C=S) groups is 1. The van der Waals surface area contributed by atoms with Crippen molar-refractivity contribution < 1.29 is 19.7 Å². The largest absolute Gasteiger partial charge is 0.504 e. The molecule has 34 heavy (non-hydrogen) atoms. The highest BCUT2D eigenvalue weighted by Crippen LogP contribution is 2.34. The van der Waals surface area contributed by atoms with Gasteiger partial charge in [-0.3, -0.25) is 0 Å². The molecule has 0 unspecified atom stereocenters. The number of ether oxygens (including phenoxy) is 2. The number of rotatable bonds is 7. The van der Waals surface area contributed by atoms with E-state index in [1.165, 1.54) is 18.5 Å². The molecule has 12 heteroatoms. The van der Waals surface area contributed by atoms with E-state index in [4.69, 9.17) is 21.7 Å². The first kappa shape index (κ1) is 22.7. The van der Waals surface area contributed by atoms with Crippen molar-refractivity contribution in [2.24, 2.45) is 0 Å². The van der Waals surface area contributed by atoms with E-state index in [-0.39, 0.29) is 11.5 Å². The molecule has 2 aromatic heterocycles. The van der Waals surface area contributed by atoms with Crippen molar-refractivity contribution in [2.75, 3.05) is 24.9 Å². The van der Waals surface area contributed by atoms with Crippen LogP contribution < -0.4 is 25.4 Å². The number of anilines is 3. The van der Waals surface area contributed by atoms with Crippen LogP contribution in [0, 0.1) is 0 Å². The second kappa shape index (κ2) is 10.0. The molecule has 0 radical (unpaired) electrons. The summed E-state index contributed by atoms with van der Waals surface area (Å²) in [5, 5.41) is 29.1. The smallest absolute Gasteiger partial charge is 0.228 e. The van der Waals surface area contributed by atoms with Gasteiger partial charge in [0.2, 0.25) is 5.95 Å². The van der Waals surface area contributed by atoms with E-state index >= 15 is 0 Å². The molecule has 0 saturated carbocycles. The summed E-state index contributed by atoms with van der Waals surface area (Å²) in [5.74, 6) is 1.60. The maximum Gasteiger partial charge on any atom is 0.228 e. The van der Waals surface area contributed by atoms with Crippen molar-refractivity contribution in [3.05, 3.63) is 54.6 Å². The Labute approximate surface area is 199 Å². The second-order valence-corrected chi connectivity index (χ2v) is 7.41. The Balaban J connectivity index is 1.41. The Bertz CT molecular complexity index is 1340. The van der Waals surface area contributed by atoms with Gasteiger partial charge in [0.1, 0.15) is 12.1 Å². The molecule has 0 atom stereocenters. The van der Waals surface area contributed by atoms with E-state index in [0.717, 1.165) is 10.9 Å². The van der Waals surface area contributed by atoms with Crippen molar-refractivity contribution >= 4 is 45.7 Å². The Hall–Kier alpha value is -4.45. The fourth-order valence-corrected chi connectivity index (χ4v) is 3.27. The van der Waals surface area contributed by atoms with E-state index in [1.54, 1.807) is 44.8 Å². The first-order valence-corrected chi connectivity index (χ1v) is 10.4. The summed E-state index contributed by atoms with van der Waals surface area (Å²) < 4.78 is 10.7. The number of fused-ring (bicyclic) bond motifs is 1. The van der Waals surface area contributed by atoms with Crippen molar-refractivity contribution in [2.45, 2.75) is 6.54 Å². The van der Waals surface area contributed by atoms with Crippen LogP contribution in [0.4, 0.5) is 17.5 Å². The molecule has 174 valence electrons. The number of nitrogens with one attached hydrogen (secondary N) is 3. The SMILES string of the molecule is COc1cc2ncnc(Nc3ncc(NC(=S)NCc4ccc(O)c(O)c4)cn3)c2cc1OC. The van der Waals surface area contributed by atoms with Gasteiger partial charge < -0.3 is 35.6 Å². The predicted octanol–water partition coefficient (Wildman–Crippen LogP) is 3.08. The van der Waals surface area contributed by atoms with Gasteiger partial charge in [-0.1, -0.05) is 6.07 Å². The fourth-order valence-electron chi connectivity index (χ4n) is 3.08. The molecule has 5 N–H and O–H groups in total. The van der Waals surface area contributed by atoms with E-state index < -0.39 is 0 Å². The molecule has 0 amide bonds. The molecular weight excluding hydrogens is 458 g/mol. The number of phenols is 2. The topological polar surface area (TPSA) is 147 Å². The maximum absolute atomic E-state index is 9.57. The van der Waals surface area contributed by atoms with Crippen LogP contribution in [0.2, 0.25) is 0 Å². The zero-order chi connectivity index (χ0) is 24.1. The number of methoxy groups -OCH3 is 2. The number of nitrogens with zero attached hydrogens (tertiary/aromatic N) is 4. The van der Waals surface area contributed by atoms with Gasteiger partial charge in [0.25, 0.3) is 0 Å². The van der Waals surface area contributed by atoms with Gasteiger partial charge in [0, 0.05) is 18.0 Å². The van der Waals surface area contributed by atoms with Crippen molar-refractivity contribution in [1.29, 1.82) is 0 Å². The molecule has 4 aromatic rings. The molecule has 0 aliphatic carbocycles. The lowest BCUT2D eigenvalue weighted by molar-refractivity contribution is 0.356. The van der Waals surface area contributed by atoms with Crippen LogP contribution >= 0.6 is 12.2 Å². The second-order valence-electron chi connectivity index (χ2n) is 7.00. The molecule has 2 aromatic carbocycles. The fraction of sp³-hybridized carbons (Fsp3) is 0.136. The van der Waals surface area contributed by atoms with Gasteiger partial charge in [-0.15, -0.1) is 0 Å². The lowest BCUT2D eigenvalue weighted by Gasteiger charge is -2.12. The Morgan fingerprint density at radius 2 is 1.68 bits per heavy atom. The molecule has 0 saturated heterocycles. The first-order valence-electron chi connectivity index (χ1n) is 9.98. The van der Waals surface area contributed by atoms with Crippen LogP contribution in [-0.2, 0) is 6.54 Å². The van der Waals surface area contributed by atoms with Crippen LogP contribution in [0.5, 0.6) is 23.0 Å².